The predicted octanol–water partition coefficient (Wildman–Crippen LogP) is 1.85. The van der Waals surface area contributed by atoms with Crippen LogP contribution < -0.4 is 5.73 Å². The van der Waals surface area contributed by atoms with Gasteiger partial charge in [0.1, 0.15) is 0 Å². The molecule has 2 atom stereocenters. The standard InChI is InChI=1S/C11H17NO/c1-2-6-10(13)11(12)9-7-4-3-5-8-9/h3-5,7-8,10-11,13H,2,6,12H2,1H3/t10-,11+/m1/s1. The largest absolute Gasteiger partial charge is 0.391 e. The summed E-state index contributed by atoms with van der Waals surface area (Å²) in [5.41, 5.74) is 6.88. The maximum absolute atomic E-state index is 9.65. The minimum atomic E-state index is -0.424. The maximum Gasteiger partial charge on any atom is 0.0732 e. The molecule has 0 radical (unpaired) electrons. The van der Waals surface area contributed by atoms with Crippen LogP contribution in [0.3, 0.4) is 0 Å². The molecular formula is C11H17NO. The van der Waals surface area contributed by atoms with E-state index >= 15 is 0 Å². The van der Waals surface area contributed by atoms with Crippen molar-refractivity contribution in [1.29, 1.82) is 0 Å². The molecule has 0 unspecified atom stereocenters. The second kappa shape index (κ2) is 5.00. The minimum absolute atomic E-state index is 0.249. The molecule has 0 saturated heterocycles. The highest BCUT2D eigenvalue weighted by Gasteiger charge is 2.14. The minimum Gasteiger partial charge on any atom is -0.391 e. The number of aliphatic hydroxyl groups is 1. The van der Waals surface area contributed by atoms with Crippen LogP contribution in [0.15, 0.2) is 30.3 Å². The Morgan fingerprint density at radius 3 is 2.46 bits per heavy atom. The third-order valence-electron chi connectivity index (χ3n) is 2.18. The summed E-state index contributed by atoms with van der Waals surface area (Å²) in [6, 6.07) is 9.47. The van der Waals surface area contributed by atoms with E-state index in [-0.39, 0.29) is 6.04 Å². The number of aliphatic hydroxyl groups excluding tert-OH is 1. The summed E-state index contributed by atoms with van der Waals surface area (Å²) < 4.78 is 0. The summed E-state index contributed by atoms with van der Waals surface area (Å²) in [5.74, 6) is 0. The van der Waals surface area contributed by atoms with Gasteiger partial charge in [-0.15, -0.1) is 0 Å². The maximum atomic E-state index is 9.65. The van der Waals surface area contributed by atoms with Crippen LogP contribution in [0.5, 0.6) is 0 Å². The highest BCUT2D eigenvalue weighted by molar-refractivity contribution is 5.19. The molecule has 0 aliphatic heterocycles. The second-order valence-corrected chi connectivity index (χ2v) is 3.29. The summed E-state index contributed by atoms with van der Waals surface area (Å²) in [7, 11) is 0. The SMILES string of the molecule is CCC[C@@H](O)[C@@H](N)c1ccccc1. The van der Waals surface area contributed by atoms with Crippen molar-refractivity contribution in [3.05, 3.63) is 35.9 Å². The van der Waals surface area contributed by atoms with Gasteiger partial charge in [-0.2, -0.15) is 0 Å². The van der Waals surface area contributed by atoms with Crippen LogP contribution in [-0.4, -0.2) is 11.2 Å². The lowest BCUT2D eigenvalue weighted by Gasteiger charge is -2.18. The van der Waals surface area contributed by atoms with E-state index in [0.29, 0.717) is 0 Å². The van der Waals surface area contributed by atoms with Gasteiger partial charge in [-0.05, 0) is 12.0 Å². The average molecular weight is 179 g/mol. The Hall–Kier alpha value is -0.860. The first kappa shape index (κ1) is 10.2. The molecule has 0 heterocycles. The molecule has 3 N–H and O–H groups in total. The van der Waals surface area contributed by atoms with Crippen molar-refractivity contribution in [3.8, 4) is 0 Å². The number of hydrogen-bond acceptors (Lipinski definition) is 2. The Labute approximate surface area is 79.4 Å². The number of rotatable bonds is 4. The summed E-state index contributed by atoms with van der Waals surface area (Å²) >= 11 is 0. The van der Waals surface area contributed by atoms with E-state index in [4.69, 9.17) is 5.73 Å². The summed E-state index contributed by atoms with van der Waals surface area (Å²) in [4.78, 5) is 0. The molecule has 1 aromatic rings. The van der Waals surface area contributed by atoms with Gasteiger partial charge in [-0.25, -0.2) is 0 Å². The molecule has 0 spiro atoms. The first-order valence-corrected chi connectivity index (χ1v) is 4.74. The lowest BCUT2D eigenvalue weighted by atomic mass is 9.99. The lowest BCUT2D eigenvalue weighted by Crippen LogP contribution is -2.25. The molecule has 72 valence electrons. The van der Waals surface area contributed by atoms with E-state index in [1.807, 2.05) is 37.3 Å². The molecule has 1 aromatic carbocycles. The van der Waals surface area contributed by atoms with Crippen molar-refractivity contribution in [2.75, 3.05) is 0 Å². The Morgan fingerprint density at radius 2 is 1.92 bits per heavy atom. The van der Waals surface area contributed by atoms with Crippen molar-refractivity contribution in [2.24, 2.45) is 5.73 Å². The Kier molecular flexibility index (Phi) is 3.93. The molecule has 2 heteroatoms. The molecule has 0 amide bonds. The van der Waals surface area contributed by atoms with Gasteiger partial charge in [0.2, 0.25) is 0 Å². The van der Waals surface area contributed by atoms with E-state index in [1.165, 1.54) is 0 Å². The lowest BCUT2D eigenvalue weighted by molar-refractivity contribution is 0.134. The highest BCUT2D eigenvalue weighted by Crippen LogP contribution is 2.16. The fraction of sp³-hybridized carbons (Fsp3) is 0.455. The van der Waals surface area contributed by atoms with Crippen LogP contribution in [0.2, 0.25) is 0 Å². The average Bonchev–Trinajstić information content (AvgIpc) is 2.18. The number of nitrogens with two attached hydrogens (primary N) is 1. The first-order chi connectivity index (χ1) is 6.25. The zero-order chi connectivity index (χ0) is 9.68. The zero-order valence-electron chi connectivity index (χ0n) is 7.98. The van der Waals surface area contributed by atoms with E-state index in [1.54, 1.807) is 0 Å². The second-order valence-electron chi connectivity index (χ2n) is 3.29. The van der Waals surface area contributed by atoms with E-state index in [2.05, 4.69) is 0 Å². The smallest absolute Gasteiger partial charge is 0.0732 e. The van der Waals surface area contributed by atoms with Gasteiger partial charge in [-0.1, -0.05) is 43.7 Å². The Balaban J connectivity index is 2.62. The summed E-state index contributed by atoms with van der Waals surface area (Å²) in [5, 5.41) is 9.65. The van der Waals surface area contributed by atoms with Crippen molar-refractivity contribution in [1.82, 2.24) is 0 Å². The number of benzene rings is 1. The van der Waals surface area contributed by atoms with E-state index in [0.717, 1.165) is 18.4 Å². The van der Waals surface area contributed by atoms with Gasteiger partial charge in [0.05, 0.1) is 12.1 Å². The third-order valence-corrected chi connectivity index (χ3v) is 2.18. The molecule has 0 saturated carbocycles. The summed E-state index contributed by atoms with van der Waals surface area (Å²) in [6.45, 7) is 2.04. The first-order valence-electron chi connectivity index (χ1n) is 4.74. The fourth-order valence-electron chi connectivity index (χ4n) is 1.37. The molecule has 0 aliphatic carbocycles. The molecule has 0 bridgehead atoms. The van der Waals surface area contributed by atoms with Gasteiger partial charge in [0.15, 0.2) is 0 Å². The summed E-state index contributed by atoms with van der Waals surface area (Å²) in [6.07, 6.45) is 1.30. The zero-order valence-corrected chi connectivity index (χ0v) is 7.98. The van der Waals surface area contributed by atoms with Crippen LogP contribution in [0, 0.1) is 0 Å². The molecule has 0 fully saturated rings. The molecule has 2 nitrogen and oxygen atoms in total. The topological polar surface area (TPSA) is 46.2 Å². The van der Waals surface area contributed by atoms with Crippen LogP contribution in [0.25, 0.3) is 0 Å². The number of hydrogen-bond donors (Lipinski definition) is 2. The van der Waals surface area contributed by atoms with E-state index < -0.39 is 6.10 Å². The van der Waals surface area contributed by atoms with Crippen LogP contribution in [0.4, 0.5) is 0 Å². The quantitative estimate of drug-likeness (QED) is 0.741. The molecule has 1 rings (SSSR count). The van der Waals surface area contributed by atoms with Gasteiger partial charge in [0.25, 0.3) is 0 Å². The van der Waals surface area contributed by atoms with Crippen LogP contribution >= 0.6 is 0 Å². The van der Waals surface area contributed by atoms with Gasteiger partial charge in [-0.3, -0.25) is 0 Å². The molecule has 0 aromatic heterocycles. The molecular weight excluding hydrogens is 162 g/mol. The Bertz CT molecular complexity index is 235. The highest BCUT2D eigenvalue weighted by atomic mass is 16.3. The van der Waals surface area contributed by atoms with Crippen molar-refractivity contribution in [3.63, 3.8) is 0 Å². The molecule has 0 aliphatic rings. The van der Waals surface area contributed by atoms with Gasteiger partial charge >= 0.3 is 0 Å². The van der Waals surface area contributed by atoms with Crippen LogP contribution in [-0.2, 0) is 0 Å². The fourth-order valence-corrected chi connectivity index (χ4v) is 1.37. The normalized spacial score (nSPS) is 15.3. The monoisotopic (exact) mass is 179 g/mol. The van der Waals surface area contributed by atoms with E-state index in [9.17, 15) is 5.11 Å². The molecule has 13 heavy (non-hydrogen) atoms. The predicted molar refractivity (Wildman–Crippen MR) is 54.3 cm³/mol. The van der Waals surface area contributed by atoms with Gasteiger partial charge in [0, 0.05) is 0 Å². The van der Waals surface area contributed by atoms with Crippen molar-refractivity contribution >= 4 is 0 Å². The van der Waals surface area contributed by atoms with Crippen LogP contribution in [0.1, 0.15) is 31.4 Å². The third kappa shape index (κ3) is 2.83. The van der Waals surface area contributed by atoms with Crippen molar-refractivity contribution in [2.45, 2.75) is 31.9 Å². The Morgan fingerprint density at radius 1 is 1.31 bits per heavy atom. The van der Waals surface area contributed by atoms with Crippen molar-refractivity contribution < 1.29 is 5.11 Å². The van der Waals surface area contributed by atoms with Gasteiger partial charge < -0.3 is 10.8 Å².